The average molecular weight is 859 g/mol. The predicted octanol–water partition coefficient (Wildman–Crippen LogP) is 3.47. The summed E-state index contributed by atoms with van der Waals surface area (Å²) in [7, 11) is 0. The summed E-state index contributed by atoms with van der Waals surface area (Å²) in [5.74, 6) is -0.324. The van der Waals surface area contributed by atoms with Crippen molar-refractivity contribution in [1.82, 2.24) is 45.2 Å². The number of likely N-dealkylation sites (tertiary alicyclic amines) is 1. The van der Waals surface area contributed by atoms with E-state index in [4.69, 9.17) is 14.0 Å². The number of nitrogens with zero attached hydrogens (tertiary/aromatic N) is 8. The van der Waals surface area contributed by atoms with Crippen LogP contribution in [0.25, 0.3) is 16.8 Å². The number of nitrogens with one attached hydrogen (secondary N) is 2. The zero-order chi connectivity index (χ0) is 44.0. The van der Waals surface area contributed by atoms with Crippen molar-refractivity contribution >= 4 is 40.7 Å². The first-order chi connectivity index (χ1) is 30.2. The van der Waals surface area contributed by atoms with E-state index in [1.807, 2.05) is 55.4 Å². The number of fused-ring (bicyclic) bond motifs is 1. The first-order valence-electron chi connectivity index (χ1n) is 21.3. The molecule has 2 N–H and O–H groups in total. The number of anilines is 1. The Morgan fingerprint density at radius 3 is 2.49 bits per heavy atom. The number of carbonyl (C=O) groups is 5. The third-order valence-corrected chi connectivity index (χ3v) is 12.3. The van der Waals surface area contributed by atoms with Crippen LogP contribution in [-0.2, 0) is 31.1 Å². The highest BCUT2D eigenvalue weighted by molar-refractivity contribution is 6.00. The number of ether oxygens (including phenoxy) is 2. The number of piperidine rings is 1. The van der Waals surface area contributed by atoms with Gasteiger partial charge in [0.05, 0.1) is 42.2 Å². The minimum absolute atomic E-state index is 0.00429. The molecule has 2 unspecified atom stereocenters. The molecular formula is C45H50N10O8. The highest BCUT2D eigenvalue weighted by Gasteiger charge is 2.51. The summed E-state index contributed by atoms with van der Waals surface area (Å²) in [5, 5.41) is 13.5. The number of piperazine rings is 1. The third kappa shape index (κ3) is 8.71. The Morgan fingerprint density at radius 2 is 1.78 bits per heavy atom. The van der Waals surface area contributed by atoms with Crippen LogP contribution in [-0.4, -0.2) is 122 Å². The van der Waals surface area contributed by atoms with Gasteiger partial charge in [-0.1, -0.05) is 38.1 Å². The van der Waals surface area contributed by atoms with Gasteiger partial charge in [-0.05, 0) is 60.9 Å². The molecule has 4 aliphatic rings. The molecule has 18 nitrogen and oxygen atoms in total. The van der Waals surface area contributed by atoms with Gasteiger partial charge in [-0.3, -0.25) is 29.3 Å². The van der Waals surface area contributed by atoms with Gasteiger partial charge in [0.25, 0.3) is 23.5 Å². The van der Waals surface area contributed by atoms with Crippen LogP contribution in [0.4, 0.5) is 5.69 Å². The molecule has 5 aromatic rings. The van der Waals surface area contributed by atoms with E-state index in [2.05, 4.69) is 47.9 Å². The maximum Gasteiger partial charge on any atom is 0.292 e. The van der Waals surface area contributed by atoms with E-state index in [9.17, 15) is 24.0 Å². The van der Waals surface area contributed by atoms with E-state index >= 15 is 0 Å². The molecule has 4 fully saturated rings. The van der Waals surface area contributed by atoms with E-state index in [1.54, 1.807) is 35.5 Å². The molecule has 0 saturated carbocycles. The largest absolute Gasteiger partial charge is 0.481 e. The summed E-state index contributed by atoms with van der Waals surface area (Å²) in [6.07, 6.45) is 4.16. The lowest BCUT2D eigenvalue weighted by molar-refractivity contribution is -0.139. The summed E-state index contributed by atoms with van der Waals surface area (Å²) < 4.78 is 19.0. The van der Waals surface area contributed by atoms with Gasteiger partial charge in [-0.2, -0.15) is 10.1 Å². The first-order valence-corrected chi connectivity index (χ1v) is 21.3. The van der Waals surface area contributed by atoms with Crippen LogP contribution < -0.4 is 20.3 Å². The topological polar surface area (TPSA) is 207 Å². The molecule has 18 heteroatoms. The molecule has 4 saturated heterocycles. The second-order valence-electron chi connectivity index (χ2n) is 18.1. The molecular weight excluding hydrogens is 809 g/mol. The van der Waals surface area contributed by atoms with Gasteiger partial charge < -0.3 is 34.0 Å². The summed E-state index contributed by atoms with van der Waals surface area (Å²) in [6, 6.07) is 14.8. The molecule has 3 aromatic heterocycles. The number of carbonyl (C=O) groups excluding carboxylic acids is 5. The fraction of sp³-hybridized carbons (Fsp3) is 0.444. The Hall–Kier alpha value is -6.69. The highest BCUT2D eigenvalue weighted by Crippen LogP contribution is 2.43. The monoisotopic (exact) mass is 858 g/mol. The molecule has 4 aliphatic heterocycles. The minimum Gasteiger partial charge on any atom is -0.481 e. The smallest absolute Gasteiger partial charge is 0.292 e. The number of aryl methyl sites for hydroxylation is 1. The first kappa shape index (κ1) is 41.7. The second kappa shape index (κ2) is 16.5. The summed E-state index contributed by atoms with van der Waals surface area (Å²) in [4.78, 5) is 77.8. The van der Waals surface area contributed by atoms with Crippen molar-refractivity contribution in [2.24, 2.45) is 5.41 Å². The Kier molecular flexibility index (Phi) is 10.9. The van der Waals surface area contributed by atoms with E-state index < -0.39 is 17.9 Å². The van der Waals surface area contributed by atoms with Crippen LogP contribution in [0.3, 0.4) is 0 Å². The molecule has 1 spiro atoms. The molecule has 0 aliphatic carbocycles. The normalized spacial score (nSPS) is 19.9. The van der Waals surface area contributed by atoms with Crippen molar-refractivity contribution in [3.8, 4) is 17.0 Å². The van der Waals surface area contributed by atoms with Crippen LogP contribution in [0.15, 0.2) is 65.6 Å². The molecule has 63 heavy (non-hydrogen) atoms. The number of hydrogen-bond acceptors (Lipinski definition) is 13. The van der Waals surface area contributed by atoms with Gasteiger partial charge in [-0.15, -0.1) is 0 Å². The van der Waals surface area contributed by atoms with Gasteiger partial charge in [0.2, 0.25) is 17.7 Å². The van der Waals surface area contributed by atoms with Crippen LogP contribution in [0.2, 0.25) is 0 Å². The zero-order valence-electron chi connectivity index (χ0n) is 35.8. The van der Waals surface area contributed by atoms with Crippen molar-refractivity contribution < 1.29 is 38.0 Å². The van der Waals surface area contributed by atoms with E-state index in [0.717, 1.165) is 40.0 Å². The lowest BCUT2D eigenvalue weighted by atomic mass is 9.77. The molecule has 7 heterocycles. The average Bonchev–Trinajstić information content (AvgIpc) is 4.03. The molecule has 2 atom stereocenters. The van der Waals surface area contributed by atoms with E-state index in [1.165, 1.54) is 0 Å². The van der Waals surface area contributed by atoms with Crippen LogP contribution in [0, 0.1) is 12.3 Å². The SMILES string of the molecule is Cc1cc(-c2ncnn3cc(N4CCN(C(=O)CC5CC6(CO5)CN(C(=O)c5ccc(OC7CCC(=O)NC7=O)cc5)C6)CC4)cc23)ccc1CNC(=O)c1noc(C(C)(C)C)n1. The Balaban J connectivity index is 0.739. The highest BCUT2D eigenvalue weighted by atomic mass is 16.5. The second-order valence-corrected chi connectivity index (χ2v) is 18.1. The van der Waals surface area contributed by atoms with Crippen LogP contribution in [0.5, 0.6) is 5.75 Å². The van der Waals surface area contributed by atoms with Crippen molar-refractivity contribution in [2.75, 3.05) is 50.8 Å². The maximum absolute atomic E-state index is 13.5. The quantitative estimate of drug-likeness (QED) is 0.193. The molecule has 5 amide bonds. The molecule has 0 bridgehead atoms. The zero-order valence-corrected chi connectivity index (χ0v) is 35.8. The molecule has 0 radical (unpaired) electrons. The molecule has 9 rings (SSSR count). The van der Waals surface area contributed by atoms with Crippen molar-refractivity contribution in [3.63, 3.8) is 0 Å². The minimum atomic E-state index is -0.741. The lowest BCUT2D eigenvalue weighted by Gasteiger charge is -2.47. The van der Waals surface area contributed by atoms with Gasteiger partial charge in [0.1, 0.15) is 12.1 Å². The Bertz CT molecular complexity index is 2580. The summed E-state index contributed by atoms with van der Waals surface area (Å²) in [5.41, 5.74) is 5.51. The number of aromatic nitrogens is 5. The summed E-state index contributed by atoms with van der Waals surface area (Å²) >= 11 is 0. The number of amides is 5. The van der Waals surface area contributed by atoms with E-state index in [0.29, 0.717) is 82.5 Å². The van der Waals surface area contributed by atoms with Crippen LogP contribution in [0.1, 0.15) is 84.4 Å². The molecule has 328 valence electrons. The van der Waals surface area contributed by atoms with E-state index in [-0.39, 0.29) is 46.9 Å². The van der Waals surface area contributed by atoms with Crippen molar-refractivity contribution in [1.29, 1.82) is 0 Å². The standard InChI is InChI=1S/C45H50N10O8/c1-27-17-29(5-6-30(27)21-46-41(59)39-50-43(63-51-39)44(2,3)4)38-34-18-31(22-55(34)48-26-47-38)52-13-15-53(16-14-52)37(57)19-33-20-45(25-61-33)23-54(24-45)42(60)28-7-9-32(10-8-28)62-35-11-12-36(56)49-40(35)58/h5-10,17-18,22,26,33,35H,11-16,19-21,23-25H2,1-4H3,(H,46,59)(H,49,56,58). The van der Waals surface area contributed by atoms with Crippen molar-refractivity contribution in [3.05, 3.63) is 89.5 Å². The maximum atomic E-state index is 13.5. The Labute approximate surface area is 363 Å². The fourth-order valence-electron chi connectivity index (χ4n) is 8.73. The summed E-state index contributed by atoms with van der Waals surface area (Å²) in [6.45, 7) is 12.3. The van der Waals surface area contributed by atoms with Gasteiger partial charge in [0.15, 0.2) is 6.10 Å². The number of benzene rings is 2. The number of hydrogen-bond donors (Lipinski definition) is 2. The van der Waals surface area contributed by atoms with Gasteiger partial charge >= 0.3 is 0 Å². The molecule has 2 aromatic carbocycles. The third-order valence-electron chi connectivity index (χ3n) is 12.3. The number of imide groups is 1. The Morgan fingerprint density at radius 1 is 1.00 bits per heavy atom. The predicted molar refractivity (Wildman–Crippen MR) is 227 cm³/mol. The number of rotatable bonds is 10. The van der Waals surface area contributed by atoms with Crippen LogP contribution >= 0.6 is 0 Å². The van der Waals surface area contributed by atoms with Crippen molar-refractivity contribution in [2.45, 2.75) is 77.5 Å². The van der Waals surface area contributed by atoms with Gasteiger partial charge in [0, 0.05) is 80.6 Å². The van der Waals surface area contributed by atoms with Gasteiger partial charge in [-0.25, -0.2) is 9.50 Å². The fourth-order valence-corrected chi connectivity index (χ4v) is 8.73. The lowest BCUT2D eigenvalue weighted by Crippen LogP contribution is -2.59.